The van der Waals surface area contributed by atoms with Crippen LogP contribution in [0.1, 0.15) is 37.4 Å². The summed E-state index contributed by atoms with van der Waals surface area (Å²) in [6, 6.07) is 0.625. The summed E-state index contributed by atoms with van der Waals surface area (Å²) in [7, 11) is 0. The van der Waals surface area contributed by atoms with Gasteiger partial charge in [-0.15, -0.1) is 0 Å². The Balaban J connectivity index is 2.02. The van der Waals surface area contributed by atoms with Crippen LogP contribution in [0, 0.1) is 6.92 Å². The Bertz CT molecular complexity index is 276. The van der Waals surface area contributed by atoms with Crippen molar-refractivity contribution in [3.8, 4) is 0 Å². The molecule has 0 aromatic carbocycles. The Morgan fingerprint density at radius 2 is 2.31 bits per heavy atom. The van der Waals surface area contributed by atoms with Crippen LogP contribution in [0.5, 0.6) is 0 Å². The molecule has 2 heterocycles. The van der Waals surface area contributed by atoms with Crippen LogP contribution in [0.3, 0.4) is 0 Å². The maximum atomic E-state index is 5.14. The number of aryl methyl sites for hydroxylation is 1. The van der Waals surface area contributed by atoms with Crippen molar-refractivity contribution in [2.75, 3.05) is 6.54 Å². The first kappa shape index (κ1) is 8.69. The summed E-state index contributed by atoms with van der Waals surface area (Å²) in [6.45, 7) is 5.02. The molecule has 4 nitrogen and oxygen atoms in total. The van der Waals surface area contributed by atoms with E-state index in [2.05, 4.69) is 22.4 Å². The average Bonchev–Trinajstić information content (AvgIpc) is 2.53. The van der Waals surface area contributed by atoms with Crippen LogP contribution in [0.15, 0.2) is 4.52 Å². The third kappa shape index (κ3) is 1.88. The molecule has 0 radical (unpaired) electrons. The highest BCUT2D eigenvalue weighted by molar-refractivity contribution is 4.96. The quantitative estimate of drug-likeness (QED) is 0.708. The summed E-state index contributed by atoms with van der Waals surface area (Å²) >= 11 is 0. The van der Waals surface area contributed by atoms with Gasteiger partial charge < -0.3 is 9.84 Å². The fourth-order valence-corrected chi connectivity index (χ4v) is 1.69. The number of hydrogen-bond donors (Lipinski definition) is 1. The zero-order valence-corrected chi connectivity index (χ0v) is 8.08. The number of rotatable bonds is 1. The van der Waals surface area contributed by atoms with Gasteiger partial charge in [-0.25, -0.2) is 0 Å². The first-order valence-electron chi connectivity index (χ1n) is 4.79. The molecular formula is C9H15N3O. The van der Waals surface area contributed by atoms with Gasteiger partial charge in [0.05, 0.1) is 5.92 Å². The third-order valence-corrected chi connectivity index (χ3v) is 2.55. The Morgan fingerprint density at radius 1 is 1.46 bits per heavy atom. The highest BCUT2D eigenvalue weighted by Crippen LogP contribution is 2.23. The van der Waals surface area contributed by atoms with Crippen molar-refractivity contribution in [1.82, 2.24) is 15.5 Å². The molecule has 1 N–H and O–H groups in total. The molecule has 1 aromatic rings. The van der Waals surface area contributed by atoms with E-state index in [0.717, 1.165) is 24.7 Å². The maximum Gasteiger partial charge on any atom is 0.231 e. The van der Waals surface area contributed by atoms with Crippen LogP contribution in [0.4, 0.5) is 0 Å². The molecule has 0 unspecified atom stereocenters. The van der Waals surface area contributed by atoms with Crippen molar-refractivity contribution >= 4 is 0 Å². The smallest absolute Gasteiger partial charge is 0.231 e. The van der Waals surface area contributed by atoms with E-state index in [4.69, 9.17) is 4.52 Å². The van der Waals surface area contributed by atoms with Crippen molar-refractivity contribution in [2.45, 2.75) is 38.6 Å². The van der Waals surface area contributed by atoms with Crippen LogP contribution >= 0.6 is 0 Å². The molecule has 1 saturated heterocycles. The Kier molecular flexibility index (Phi) is 2.31. The minimum Gasteiger partial charge on any atom is -0.339 e. The van der Waals surface area contributed by atoms with Crippen molar-refractivity contribution in [3.05, 3.63) is 11.7 Å². The lowest BCUT2D eigenvalue weighted by Crippen LogP contribution is -2.35. The molecule has 0 saturated carbocycles. The largest absolute Gasteiger partial charge is 0.339 e. The Labute approximate surface area is 77.7 Å². The van der Waals surface area contributed by atoms with Crippen LogP contribution in [0.25, 0.3) is 0 Å². The fourth-order valence-electron chi connectivity index (χ4n) is 1.69. The number of hydrogen-bond acceptors (Lipinski definition) is 4. The number of nitrogens with zero attached hydrogens (tertiary/aromatic N) is 2. The van der Waals surface area contributed by atoms with Crippen LogP contribution in [-0.4, -0.2) is 22.7 Å². The van der Waals surface area contributed by atoms with E-state index < -0.39 is 0 Å². The normalized spacial score (nSPS) is 29.1. The molecule has 1 fully saturated rings. The fraction of sp³-hybridized carbons (Fsp3) is 0.778. The van der Waals surface area contributed by atoms with Gasteiger partial charge in [-0.05, 0) is 26.7 Å². The van der Waals surface area contributed by atoms with E-state index in [1.807, 2.05) is 6.92 Å². The molecule has 72 valence electrons. The van der Waals surface area contributed by atoms with Gasteiger partial charge in [-0.1, -0.05) is 5.16 Å². The summed E-state index contributed by atoms with van der Waals surface area (Å²) in [5.74, 6) is 1.93. The van der Waals surface area contributed by atoms with Gasteiger partial charge in [-0.2, -0.15) is 4.98 Å². The van der Waals surface area contributed by atoms with Crippen molar-refractivity contribution in [3.63, 3.8) is 0 Å². The molecular weight excluding hydrogens is 166 g/mol. The predicted octanol–water partition coefficient (Wildman–Crippen LogP) is 1.23. The maximum absolute atomic E-state index is 5.14. The zero-order valence-electron chi connectivity index (χ0n) is 8.08. The average molecular weight is 181 g/mol. The summed E-state index contributed by atoms with van der Waals surface area (Å²) in [5.41, 5.74) is 0. The molecule has 0 bridgehead atoms. The second-order valence-corrected chi connectivity index (χ2v) is 3.76. The van der Waals surface area contributed by atoms with E-state index >= 15 is 0 Å². The van der Waals surface area contributed by atoms with Crippen LogP contribution < -0.4 is 5.32 Å². The minimum atomic E-state index is 0.414. The number of aromatic nitrogens is 2. The van der Waals surface area contributed by atoms with Gasteiger partial charge in [0.1, 0.15) is 0 Å². The SMILES string of the molecule is Cc1noc([C@H]2CC[C@H](C)NC2)n1. The van der Waals surface area contributed by atoms with E-state index in [1.54, 1.807) is 0 Å². The third-order valence-electron chi connectivity index (χ3n) is 2.55. The predicted molar refractivity (Wildman–Crippen MR) is 48.5 cm³/mol. The van der Waals surface area contributed by atoms with E-state index in [-0.39, 0.29) is 0 Å². The van der Waals surface area contributed by atoms with E-state index in [9.17, 15) is 0 Å². The van der Waals surface area contributed by atoms with Gasteiger partial charge in [0.25, 0.3) is 0 Å². The van der Waals surface area contributed by atoms with Crippen LogP contribution in [0.2, 0.25) is 0 Å². The van der Waals surface area contributed by atoms with Gasteiger partial charge >= 0.3 is 0 Å². The first-order chi connectivity index (χ1) is 6.25. The first-order valence-corrected chi connectivity index (χ1v) is 4.79. The standard InChI is InChI=1S/C9H15N3O/c1-6-3-4-8(5-10-6)9-11-7(2)12-13-9/h6,8,10H,3-5H2,1-2H3/t6-,8-/m0/s1. The summed E-state index contributed by atoms with van der Waals surface area (Å²) in [5, 5.41) is 7.21. The number of nitrogens with one attached hydrogen (secondary N) is 1. The molecule has 2 atom stereocenters. The van der Waals surface area contributed by atoms with E-state index in [0.29, 0.717) is 12.0 Å². The minimum absolute atomic E-state index is 0.414. The highest BCUT2D eigenvalue weighted by atomic mass is 16.5. The molecule has 0 amide bonds. The molecule has 0 aliphatic carbocycles. The molecule has 1 aliphatic rings. The summed E-state index contributed by atoms with van der Waals surface area (Å²) < 4.78 is 5.14. The highest BCUT2D eigenvalue weighted by Gasteiger charge is 2.23. The van der Waals surface area contributed by atoms with Gasteiger partial charge in [-0.3, -0.25) is 0 Å². The second-order valence-electron chi connectivity index (χ2n) is 3.76. The Hall–Kier alpha value is -0.900. The molecule has 13 heavy (non-hydrogen) atoms. The van der Waals surface area contributed by atoms with Crippen molar-refractivity contribution in [1.29, 1.82) is 0 Å². The number of piperidine rings is 1. The van der Waals surface area contributed by atoms with Crippen molar-refractivity contribution in [2.24, 2.45) is 0 Å². The van der Waals surface area contributed by atoms with Gasteiger partial charge in [0.2, 0.25) is 5.89 Å². The molecule has 1 aliphatic heterocycles. The topological polar surface area (TPSA) is 51.0 Å². The lowest BCUT2D eigenvalue weighted by Gasteiger charge is -2.24. The van der Waals surface area contributed by atoms with Gasteiger partial charge in [0, 0.05) is 12.6 Å². The lowest BCUT2D eigenvalue weighted by atomic mass is 9.95. The lowest BCUT2D eigenvalue weighted by molar-refractivity contribution is 0.300. The zero-order chi connectivity index (χ0) is 9.26. The summed E-state index contributed by atoms with van der Waals surface area (Å²) in [4.78, 5) is 4.24. The molecule has 2 rings (SSSR count). The molecule has 0 spiro atoms. The summed E-state index contributed by atoms with van der Waals surface area (Å²) in [6.07, 6.45) is 2.34. The monoisotopic (exact) mass is 181 g/mol. The van der Waals surface area contributed by atoms with Crippen LogP contribution in [-0.2, 0) is 0 Å². The van der Waals surface area contributed by atoms with E-state index in [1.165, 1.54) is 6.42 Å². The molecule has 1 aromatic heterocycles. The Morgan fingerprint density at radius 3 is 2.85 bits per heavy atom. The molecule has 4 heteroatoms. The van der Waals surface area contributed by atoms with Crippen molar-refractivity contribution < 1.29 is 4.52 Å². The van der Waals surface area contributed by atoms with Gasteiger partial charge in [0.15, 0.2) is 5.82 Å². The second kappa shape index (κ2) is 3.46.